The molecule has 6 heteroatoms. The Morgan fingerprint density at radius 3 is 3.00 bits per heavy atom. The van der Waals surface area contributed by atoms with Crippen molar-refractivity contribution < 1.29 is 14.6 Å². The van der Waals surface area contributed by atoms with Crippen molar-refractivity contribution in [2.24, 2.45) is 0 Å². The van der Waals surface area contributed by atoms with Crippen molar-refractivity contribution in [3.63, 3.8) is 0 Å². The molecule has 0 unspecified atom stereocenters. The Balaban J connectivity index is 2.17. The van der Waals surface area contributed by atoms with E-state index >= 15 is 0 Å². The molecule has 1 aromatic heterocycles. The number of hydrogen-bond donors (Lipinski definition) is 1. The molecule has 2 aromatic rings. The van der Waals surface area contributed by atoms with Gasteiger partial charge in [-0.2, -0.15) is 0 Å². The second-order valence-corrected chi connectivity index (χ2v) is 4.37. The standard InChI is InChI=1S/C11H8ClNO3S/c12-7-1-2-10(9(3-7)11(14)15)16-4-8-5-17-6-13-8/h1-3,5-6H,4H2,(H,14,15). The zero-order valence-electron chi connectivity index (χ0n) is 8.59. The van der Waals surface area contributed by atoms with E-state index in [0.717, 1.165) is 5.69 Å². The number of benzene rings is 1. The van der Waals surface area contributed by atoms with Crippen LogP contribution < -0.4 is 4.74 Å². The van der Waals surface area contributed by atoms with E-state index in [2.05, 4.69) is 4.98 Å². The first-order valence-electron chi connectivity index (χ1n) is 4.69. The van der Waals surface area contributed by atoms with Gasteiger partial charge in [0.1, 0.15) is 17.9 Å². The smallest absolute Gasteiger partial charge is 0.339 e. The molecular formula is C11H8ClNO3S. The van der Waals surface area contributed by atoms with Crippen molar-refractivity contribution in [2.45, 2.75) is 6.61 Å². The maximum atomic E-state index is 11.0. The van der Waals surface area contributed by atoms with E-state index in [1.165, 1.54) is 23.5 Å². The molecule has 0 spiro atoms. The lowest BCUT2D eigenvalue weighted by Gasteiger charge is -2.07. The molecule has 1 N–H and O–H groups in total. The second-order valence-electron chi connectivity index (χ2n) is 3.21. The lowest BCUT2D eigenvalue weighted by molar-refractivity contribution is 0.0691. The van der Waals surface area contributed by atoms with Gasteiger partial charge in [0.15, 0.2) is 0 Å². The summed E-state index contributed by atoms with van der Waals surface area (Å²) in [7, 11) is 0. The Morgan fingerprint density at radius 2 is 2.35 bits per heavy atom. The summed E-state index contributed by atoms with van der Waals surface area (Å²) in [5.74, 6) is -0.782. The van der Waals surface area contributed by atoms with E-state index in [1.807, 2.05) is 5.38 Å². The third-order valence-electron chi connectivity index (χ3n) is 2.03. The van der Waals surface area contributed by atoms with Crippen molar-refractivity contribution in [1.29, 1.82) is 0 Å². The number of rotatable bonds is 4. The lowest BCUT2D eigenvalue weighted by atomic mass is 10.2. The number of halogens is 1. The normalized spacial score (nSPS) is 10.2. The van der Waals surface area contributed by atoms with E-state index in [4.69, 9.17) is 21.4 Å². The minimum Gasteiger partial charge on any atom is -0.486 e. The topological polar surface area (TPSA) is 59.4 Å². The van der Waals surface area contributed by atoms with Gasteiger partial charge in [-0.05, 0) is 18.2 Å². The van der Waals surface area contributed by atoms with Gasteiger partial charge in [-0.1, -0.05) is 11.6 Å². The molecule has 0 amide bonds. The number of hydrogen-bond acceptors (Lipinski definition) is 4. The molecule has 0 atom stereocenters. The third-order valence-corrected chi connectivity index (χ3v) is 2.90. The van der Waals surface area contributed by atoms with Crippen LogP contribution in [0.1, 0.15) is 16.1 Å². The summed E-state index contributed by atoms with van der Waals surface area (Å²) >= 11 is 7.19. The molecule has 2 rings (SSSR count). The molecule has 17 heavy (non-hydrogen) atoms. The van der Waals surface area contributed by atoms with Gasteiger partial charge in [0.25, 0.3) is 0 Å². The van der Waals surface area contributed by atoms with Gasteiger partial charge in [0.2, 0.25) is 0 Å². The number of thiazole rings is 1. The Hall–Kier alpha value is -1.59. The summed E-state index contributed by atoms with van der Waals surface area (Å²) in [6, 6.07) is 4.49. The fourth-order valence-corrected chi connectivity index (χ4v) is 1.97. The van der Waals surface area contributed by atoms with Gasteiger partial charge in [-0.15, -0.1) is 11.3 Å². The summed E-state index contributed by atoms with van der Waals surface area (Å²) in [5.41, 5.74) is 2.51. The van der Waals surface area contributed by atoms with Gasteiger partial charge in [0.05, 0.1) is 11.2 Å². The van der Waals surface area contributed by atoms with Crippen molar-refractivity contribution in [3.8, 4) is 5.75 Å². The van der Waals surface area contributed by atoms with Gasteiger partial charge in [-0.25, -0.2) is 9.78 Å². The molecule has 0 radical (unpaired) electrons. The Labute approximate surface area is 106 Å². The molecule has 0 bridgehead atoms. The molecule has 0 fully saturated rings. The number of aromatic nitrogens is 1. The van der Waals surface area contributed by atoms with E-state index in [9.17, 15) is 4.79 Å². The maximum Gasteiger partial charge on any atom is 0.339 e. The average molecular weight is 270 g/mol. The summed E-state index contributed by atoms with van der Waals surface area (Å²) in [6.07, 6.45) is 0. The zero-order chi connectivity index (χ0) is 12.3. The molecule has 1 heterocycles. The maximum absolute atomic E-state index is 11.0. The van der Waals surface area contributed by atoms with E-state index in [1.54, 1.807) is 11.6 Å². The van der Waals surface area contributed by atoms with Crippen LogP contribution in [-0.2, 0) is 6.61 Å². The van der Waals surface area contributed by atoms with Gasteiger partial charge in [-0.3, -0.25) is 0 Å². The van der Waals surface area contributed by atoms with Crippen LogP contribution in [0, 0.1) is 0 Å². The first-order valence-corrected chi connectivity index (χ1v) is 6.01. The predicted octanol–water partition coefficient (Wildman–Crippen LogP) is 3.07. The number of ether oxygens (including phenoxy) is 1. The summed E-state index contributed by atoms with van der Waals surface area (Å²) in [6.45, 7) is 0.241. The number of nitrogens with zero attached hydrogens (tertiary/aromatic N) is 1. The van der Waals surface area contributed by atoms with Crippen LogP contribution in [0.5, 0.6) is 5.75 Å². The van der Waals surface area contributed by atoms with Crippen molar-refractivity contribution in [2.75, 3.05) is 0 Å². The minimum absolute atomic E-state index is 0.0488. The zero-order valence-corrected chi connectivity index (χ0v) is 10.2. The van der Waals surface area contributed by atoms with Crippen LogP contribution in [0.15, 0.2) is 29.1 Å². The predicted molar refractivity (Wildman–Crippen MR) is 64.9 cm³/mol. The van der Waals surface area contributed by atoms with Gasteiger partial charge < -0.3 is 9.84 Å². The Kier molecular flexibility index (Phi) is 3.61. The lowest BCUT2D eigenvalue weighted by Crippen LogP contribution is -2.03. The molecule has 0 saturated carbocycles. The monoisotopic (exact) mass is 269 g/mol. The number of carboxylic acids is 1. The molecule has 1 aromatic carbocycles. The van der Waals surface area contributed by atoms with Crippen LogP contribution in [0.4, 0.5) is 0 Å². The van der Waals surface area contributed by atoms with E-state index < -0.39 is 5.97 Å². The molecular weight excluding hydrogens is 262 g/mol. The highest BCUT2D eigenvalue weighted by atomic mass is 35.5. The van der Waals surface area contributed by atoms with Crippen LogP contribution in [0.2, 0.25) is 5.02 Å². The van der Waals surface area contributed by atoms with Crippen LogP contribution in [0.3, 0.4) is 0 Å². The number of carboxylic acid groups (broad SMARTS) is 1. The van der Waals surface area contributed by atoms with Gasteiger partial charge >= 0.3 is 5.97 Å². The molecule has 88 valence electrons. The second kappa shape index (κ2) is 5.16. The van der Waals surface area contributed by atoms with E-state index in [0.29, 0.717) is 5.02 Å². The Morgan fingerprint density at radius 1 is 1.53 bits per heavy atom. The summed E-state index contributed by atoms with van der Waals surface area (Å²) < 4.78 is 5.40. The first-order chi connectivity index (χ1) is 8.16. The van der Waals surface area contributed by atoms with Crippen LogP contribution in [0.25, 0.3) is 0 Å². The highest BCUT2D eigenvalue weighted by molar-refractivity contribution is 7.07. The molecule has 0 aliphatic carbocycles. The third kappa shape index (κ3) is 2.95. The molecule has 4 nitrogen and oxygen atoms in total. The summed E-state index contributed by atoms with van der Waals surface area (Å²) in [5, 5.41) is 11.2. The first kappa shape index (κ1) is 11.9. The number of aromatic carboxylic acids is 1. The minimum atomic E-state index is -1.07. The fourth-order valence-electron chi connectivity index (χ4n) is 1.26. The molecule has 0 aliphatic rings. The number of carbonyl (C=O) groups is 1. The molecule has 0 saturated heterocycles. The van der Waals surface area contributed by atoms with Crippen molar-refractivity contribution >= 4 is 28.9 Å². The highest BCUT2D eigenvalue weighted by Crippen LogP contribution is 2.23. The van der Waals surface area contributed by atoms with Crippen molar-refractivity contribution in [3.05, 3.63) is 45.4 Å². The van der Waals surface area contributed by atoms with Crippen molar-refractivity contribution in [1.82, 2.24) is 4.98 Å². The van der Waals surface area contributed by atoms with E-state index in [-0.39, 0.29) is 17.9 Å². The molecule has 0 aliphatic heterocycles. The van der Waals surface area contributed by atoms with Gasteiger partial charge in [0, 0.05) is 10.4 Å². The summed E-state index contributed by atoms with van der Waals surface area (Å²) in [4.78, 5) is 15.0. The van der Waals surface area contributed by atoms with Crippen LogP contribution in [-0.4, -0.2) is 16.1 Å². The largest absolute Gasteiger partial charge is 0.486 e. The Bertz CT molecular complexity index is 528. The average Bonchev–Trinajstić information content (AvgIpc) is 2.80. The highest BCUT2D eigenvalue weighted by Gasteiger charge is 2.12. The fraction of sp³-hybridized carbons (Fsp3) is 0.0909. The quantitative estimate of drug-likeness (QED) is 0.927. The SMILES string of the molecule is O=C(O)c1cc(Cl)ccc1OCc1cscn1. The van der Waals surface area contributed by atoms with Crippen LogP contribution >= 0.6 is 22.9 Å².